The summed E-state index contributed by atoms with van der Waals surface area (Å²) >= 11 is 0. The van der Waals surface area contributed by atoms with Crippen LogP contribution in [-0.2, 0) is 4.79 Å². The lowest BCUT2D eigenvalue weighted by molar-refractivity contribution is -0.119. The molecular formula is C13H18N4O. The molecule has 1 amide bonds. The second kappa shape index (κ2) is 6.60. The van der Waals surface area contributed by atoms with E-state index in [2.05, 4.69) is 16.4 Å². The van der Waals surface area contributed by atoms with E-state index in [9.17, 15) is 4.79 Å². The van der Waals surface area contributed by atoms with Crippen molar-refractivity contribution < 1.29 is 4.79 Å². The number of nitriles is 1. The van der Waals surface area contributed by atoms with Crippen molar-refractivity contribution >= 4 is 11.7 Å². The van der Waals surface area contributed by atoms with Gasteiger partial charge in [-0.2, -0.15) is 5.26 Å². The number of nitrogens with one attached hydrogen (secondary N) is 1. The Morgan fingerprint density at radius 3 is 2.89 bits per heavy atom. The van der Waals surface area contributed by atoms with Crippen molar-refractivity contribution in [2.45, 2.75) is 20.3 Å². The maximum Gasteiger partial charge on any atom is 0.239 e. The molecule has 1 N–H and O–H groups in total. The van der Waals surface area contributed by atoms with E-state index >= 15 is 0 Å². The zero-order chi connectivity index (χ0) is 13.5. The first-order valence-electron chi connectivity index (χ1n) is 5.93. The molecule has 1 heterocycles. The third-order valence-electron chi connectivity index (χ3n) is 2.41. The SMILES string of the molecule is CCCNC(=O)CN(C)c1cc(C#N)cc(C)n1. The molecule has 5 nitrogen and oxygen atoms in total. The molecule has 0 radical (unpaired) electrons. The number of likely N-dealkylation sites (N-methyl/N-ethyl adjacent to an activating group) is 1. The molecule has 0 spiro atoms. The molecule has 0 bridgehead atoms. The van der Waals surface area contributed by atoms with E-state index in [0.29, 0.717) is 17.9 Å². The maximum absolute atomic E-state index is 11.6. The Morgan fingerprint density at radius 2 is 2.28 bits per heavy atom. The van der Waals surface area contributed by atoms with Crippen LogP contribution in [0, 0.1) is 18.3 Å². The Bertz CT molecular complexity index is 465. The number of amides is 1. The predicted octanol–water partition coefficient (Wildman–Crippen LogP) is 1.22. The summed E-state index contributed by atoms with van der Waals surface area (Å²) in [6.45, 7) is 4.75. The summed E-state index contributed by atoms with van der Waals surface area (Å²) in [5.74, 6) is 0.597. The minimum atomic E-state index is -0.0406. The Labute approximate surface area is 107 Å². The van der Waals surface area contributed by atoms with Gasteiger partial charge in [-0.1, -0.05) is 6.92 Å². The van der Waals surface area contributed by atoms with E-state index in [-0.39, 0.29) is 12.5 Å². The van der Waals surface area contributed by atoms with Gasteiger partial charge in [0.15, 0.2) is 0 Å². The summed E-state index contributed by atoms with van der Waals surface area (Å²) in [4.78, 5) is 17.6. The number of pyridine rings is 1. The van der Waals surface area contributed by atoms with Crippen LogP contribution < -0.4 is 10.2 Å². The van der Waals surface area contributed by atoms with Crippen LogP contribution in [0.25, 0.3) is 0 Å². The van der Waals surface area contributed by atoms with E-state index in [1.165, 1.54) is 0 Å². The number of carbonyl (C=O) groups excluding carboxylic acids is 1. The van der Waals surface area contributed by atoms with Crippen LogP contribution in [0.2, 0.25) is 0 Å². The van der Waals surface area contributed by atoms with Crippen molar-refractivity contribution in [3.8, 4) is 6.07 Å². The number of anilines is 1. The summed E-state index contributed by atoms with van der Waals surface area (Å²) < 4.78 is 0. The van der Waals surface area contributed by atoms with Crippen LogP contribution in [0.4, 0.5) is 5.82 Å². The average molecular weight is 246 g/mol. The third-order valence-corrected chi connectivity index (χ3v) is 2.41. The van der Waals surface area contributed by atoms with Crippen LogP contribution in [-0.4, -0.2) is 31.0 Å². The van der Waals surface area contributed by atoms with Gasteiger partial charge in [-0.25, -0.2) is 4.98 Å². The summed E-state index contributed by atoms with van der Waals surface area (Å²) in [6.07, 6.45) is 0.913. The molecule has 5 heteroatoms. The van der Waals surface area contributed by atoms with Gasteiger partial charge in [0.2, 0.25) is 5.91 Å². The fourth-order valence-corrected chi connectivity index (χ4v) is 1.53. The van der Waals surface area contributed by atoms with Crippen LogP contribution in [0.15, 0.2) is 12.1 Å². The highest BCUT2D eigenvalue weighted by molar-refractivity contribution is 5.80. The van der Waals surface area contributed by atoms with E-state index in [0.717, 1.165) is 12.1 Å². The molecule has 0 unspecified atom stereocenters. The number of hydrogen-bond acceptors (Lipinski definition) is 4. The number of aromatic nitrogens is 1. The molecule has 0 atom stereocenters. The number of hydrogen-bond donors (Lipinski definition) is 1. The number of carbonyl (C=O) groups is 1. The zero-order valence-electron chi connectivity index (χ0n) is 11.0. The first-order chi connectivity index (χ1) is 8.56. The molecule has 1 aromatic heterocycles. The Morgan fingerprint density at radius 1 is 1.56 bits per heavy atom. The lowest BCUT2D eigenvalue weighted by Crippen LogP contribution is -2.35. The number of nitrogens with zero attached hydrogens (tertiary/aromatic N) is 3. The van der Waals surface area contributed by atoms with Gasteiger partial charge in [0, 0.05) is 19.3 Å². The van der Waals surface area contributed by atoms with Gasteiger partial charge < -0.3 is 10.2 Å². The summed E-state index contributed by atoms with van der Waals surface area (Å²) in [5.41, 5.74) is 1.32. The molecule has 0 saturated carbocycles. The Kier molecular flexibility index (Phi) is 5.12. The summed E-state index contributed by atoms with van der Waals surface area (Å²) in [6, 6.07) is 5.48. The molecule has 0 aliphatic heterocycles. The highest BCUT2D eigenvalue weighted by Gasteiger charge is 2.09. The third kappa shape index (κ3) is 4.06. The fraction of sp³-hybridized carbons (Fsp3) is 0.462. The lowest BCUT2D eigenvalue weighted by atomic mass is 10.2. The van der Waals surface area contributed by atoms with Gasteiger partial charge in [-0.15, -0.1) is 0 Å². The maximum atomic E-state index is 11.6. The zero-order valence-corrected chi connectivity index (χ0v) is 11.0. The van der Waals surface area contributed by atoms with Gasteiger partial charge >= 0.3 is 0 Å². The summed E-state index contributed by atoms with van der Waals surface area (Å²) in [7, 11) is 1.79. The predicted molar refractivity (Wildman–Crippen MR) is 70.3 cm³/mol. The van der Waals surface area contributed by atoms with Crippen LogP contribution >= 0.6 is 0 Å². The van der Waals surface area contributed by atoms with Crippen molar-refractivity contribution in [2.24, 2.45) is 0 Å². The Hall–Kier alpha value is -2.09. The fourth-order valence-electron chi connectivity index (χ4n) is 1.53. The van der Waals surface area contributed by atoms with Crippen molar-refractivity contribution in [1.82, 2.24) is 10.3 Å². The number of rotatable bonds is 5. The van der Waals surface area contributed by atoms with Gasteiger partial charge in [0.05, 0.1) is 18.2 Å². The van der Waals surface area contributed by atoms with E-state index < -0.39 is 0 Å². The second-order valence-corrected chi connectivity index (χ2v) is 4.17. The highest BCUT2D eigenvalue weighted by atomic mass is 16.2. The first kappa shape index (κ1) is 14.0. The highest BCUT2D eigenvalue weighted by Crippen LogP contribution is 2.12. The molecule has 0 aliphatic rings. The van der Waals surface area contributed by atoms with Crippen LogP contribution in [0.5, 0.6) is 0 Å². The average Bonchev–Trinajstić information content (AvgIpc) is 2.35. The van der Waals surface area contributed by atoms with E-state index in [4.69, 9.17) is 5.26 Å². The smallest absolute Gasteiger partial charge is 0.239 e. The molecule has 0 aliphatic carbocycles. The molecule has 18 heavy (non-hydrogen) atoms. The molecule has 0 aromatic carbocycles. The normalized spacial score (nSPS) is 9.67. The van der Waals surface area contributed by atoms with Crippen molar-refractivity contribution in [3.05, 3.63) is 23.4 Å². The topological polar surface area (TPSA) is 69.0 Å². The summed E-state index contributed by atoms with van der Waals surface area (Å²) in [5, 5.41) is 11.7. The van der Waals surface area contributed by atoms with Crippen molar-refractivity contribution in [1.29, 1.82) is 5.26 Å². The van der Waals surface area contributed by atoms with Crippen LogP contribution in [0.1, 0.15) is 24.6 Å². The quantitative estimate of drug-likeness (QED) is 0.848. The van der Waals surface area contributed by atoms with Crippen LogP contribution in [0.3, 0.4) is 0 Å². The van der Waals surface area contributed by atoms with E-state index in [1.54, 1.807) is 24.1 Å². The first-order valence-corrected chi connectivity index (χ1v) is 5.93. The number of aryl methyl sites for hydroxylation is 1. The minimum absolute atomic E-state index is 0.0406. The van der Waals surface area contributed by atoms with E-state index in [1.807, 2.05) is 13.8 Å². The van der Waals surface area contributed by atoms with Gasteiger partial charge in [-0.05, 0) is 25.5 Å². The van der Waals surface area contributed by atoms with Gasteiger partial charge in [-0.3, -0.25) is 4.79 Å². The standard InChI is InChI=1S/C13H18N4O/c1-4-5-15-13(18)9-17(3)12-7-11(8-14)6-10(2)16-12/h6-7H,4-5,9H2,1-3H3,(H,15,18). The second-order valence-electron chi connectivity index (χ2n) is 4.17. The van der Waals surface area contributed by atoms with Crippen molar-refractivity contribution in [2.75, 3.05) is 25.0 Å². The molecule has 0 fully saturated rings. The van der Waals surface area contributed by atoms with Crippen molar-refractivity contribution in [3.63, 3.8) is 0 Å². The van der Waals surface area contributed by atoms with Gasteiger partial charge in [0.1, 0.15) is 5.82 Å². The molecule has 96 valence electrons. The lowest BCUT2D eigenvalue weighted by Gasteiger charge is -2.18. The molecule has 1 aromatic rings. The largest absolute Gasteiger partial charge is 0.355 e. The molecule has 1 rings (SSSR count). The minimum Gasteiger partial charge on any atom is -0.355 e. The monoisotopic (exact) mass is 246 g/mol. The Balaban J connectivity index is 2.72. The van der Waals surface area contributed by atoms with Gasteiger partial charge in [0.25, 0.3) is 0 Å². The molecular weight excluding hydrogens is 228 g/mol. The molecule has 0 saturated heterocycles.